The first-order valence-electron chi connectivity index (χ1n) is 10.7. The number of piperidine rings is 1. The van der Waals surface area contributed by atoms with Gasteiger partial charge < -0.3 is 15.4 Å². The normalized spacial score (nSPS) is 15.3. The summed E-state index contributed by atoms with van der Waals surface area (Å²) in [6.07, 6.45) is 1.54. The van der Waals surface area contributed by atoms with E-state index in [2.05, 4.69) is 10.6 Å². The van der Waals surface area contributed by atoms with Crippen LogP contribution in [0.4, 0.5) is 5.69 Å². The molecule has 1 heterocycles. The number of methoxy groups -OCH3 is 1. The smallest absolute Gasteiger partial charge is 0.253 e. The number of carbonyl (C=O) groups excluding carboxylic acids is 2. The number of carbonyl (C=O) groups is 2. The van der Waals surface area contributed by atoms with E-state index < -0.39 is 10.0 Å². The second kappa shape index (κ2) is 11.2. The molecular formula is C23H29N3O5S. The minimum atomic E-state index is -3.56. The van der Waals surface area contributed by atoms with Crippen molar-refractivity contribution >= 4 is 27.5 Å². The zero-order valence-corrected chi connectivity index (χ0v) is 18.9. The van der Waals surface area contributed by atoms with Crippen LogP contribution in [-0.2, 0) is 19.6 Å². The maximum absolute atomic E-state index is 12.8. The lowest BCUT2D eigenvalue weighted by Crippen LogP contribution is -2.41. The van der Waals surface area contributed by atoms with E-state index in [0.717, 1.165) is 0 Å². The lowest BCUT2D eigenvalue weighted by atomic mass is 9.97. The van der Waals surface area contributed by atoms with Crippen molar-refractivity contribution in [2.45, 2.75) is 24.2 Å². The van der Waals surface area contributed by atoms with Crippen molar-refractivity contribution < 1.29 is 22.7 Å². The van der Waals surface area contributed by atoms with Crippen LogP contribution in [-0.4, -0.2) is 57.9 Å². The van der Waals surface area contributed by atoms with Crippen molar-refractivity contribution in [1.82, 2.24) is 9.62 Å². The topological polar surface area (TPSA) is 105 Å². The Hall–Kier alpha value is -2.75. The molecule has 0 bridgehead atoms. The van der Waals surface area contributed by atoms with E-state index in [0.29, 0.717) is 43.7 Å². The van der Waals surface area contributed by atoms with Crippen LogP contribution in [0.25, 0.3) is 0 Å². The van der Waals surface area contributed by atoms with Crippen molar-refractivity contribution in [3.8, 4) is 0 Å². The molecule has 2 amide bonds. The van der Waals surface area contributed by atoms with Crippen LogP contribution in [0.3, 0.4) is 0 Å². The third-order valence-electron chi connectivity index (χ3n) is 5.45. The first kappa shape index (κ1) is 23.9. The van der Waals surface area contributed by atoms with E-state index in [-0.39, 0.29) is 35.7 Å². The fourth-order valence-electron chi connectivity index (χ4n) is 3.64. The molecule has 9 heteroatoms. The summed E-state index contributed by atoms with van der Waals surface area (Å²) in [6.45, 7) is 1.58. The molecular weight excluding hydrogens is 430 g/mol. The molecule has 172 valence electrons. The van der Waals surface area contributed by atoms with Crippen LogP contribution in [0, 0.1) is 5.92 Å². The number of para-hydroxylation sites is 1. The highest BCUT2D eigenvalue weighted by molar-refractivity contribution is 7.89. The van der Waals surface area contributed by atoms with Gasteiger partial charge in [-0.2, -0.15) is 4.31 Å². The monoisotopic (exact) mass is 459 g/mol. The average molecular weight is 460 g/mol. The van der Waals surface area contributed by atoms with E-state index in [1.54, 1.807) is 61.7 Å². The summed E-state index contributed by atoms with van der Waals surface area (Å²) >= 11 is 0. The number of nitrogens with zero attached hydrogens (tertiary/aromatic N) is 1. The van der Waals surface area contributed by atoms with Crippen molar-refractivity contribution in [1.29, 1.82) is 0 Å². The van der Waals surface area contributed by atoms with Crippen molar-refractivity contribution in [3.63, 3.8) is 0 Å². The lowest BCUT2D eigenvalue weighted by molar-refractivity contribution is -0.120. The molecule has 0 radical (unpaired) electrons. The number of benzene rings is 2. The van der Waals surface area contributed by atoms with Gasteiger partial charge in [0.25, 0.3) is 5.91 Å². The summed E-state index contributed by atoms with van der Waals surface area (Å²) in [6, 6.07) is 15.2. The van der Waals surface area contributed by atoms with Gasteiger partial charge in [0.05, 0.1) is 16.1 Å². The van der Waals surface area contributed by atoms with Crippen LogP contribution < -0.4 is 10.6 Å². The van der Waals surface area contributed by atoms with Crippen molar-refractivity contribution in [2.75, 3.05) is 38.7 Å². The molecule has 0 unspecified atom stereocenters. The Balaban J connectivity index is 1.58. The molecule has 1 saturated heterocycles. The Bertz CT molecular complexity index is 1020. The van der Waals surface area contributed by atoms with Gasteiger partial charge in [-0.05, 0) is 43.5 Å². The third kappa shape index (κ3) is 5.93. The molecule has 2 aromatic carbocycles. The van der Waals surface area contributed by atoms with Crippen LogP contribution in [0.15, 0.2) is 59.5 Å². The van der Waals surface area contributed by atoms with Gasteiger partial charge in [0.15, 0.2) is 0 Å². The quantitative estimate of drug-likeness (QED) is 0.561. The SMILES string of the molecule is COCCCNC(=O)c1ccccc1NC(=O)C1CCN(S(=O)(=O)c2ccccc2)CC1. The summed E-state index contributed by atoms with van der Waals surface area (Å²) < 4.78 is 32.0. The number of hydrogen-bond acceptors (Lipinski definition) is 5. The first-order valence-corrected chi connectivity index (χ1v) is 12.1. The first-order chi connectivity index (χ1) is 15.4. The standard InChI is InChI=1S/C23H29N3O5S/c1-31-17-7-14-24-23(28)20-10-5-6-11-21(20)25-22(27)18-12-15-26(16-13-18)32(29,30)19-8-3-2-4-9-19/h2-6,8-11,18H,7,12-17H2,1H3,(H,24,28)(H,25,27). The maximum atomic E-state index is 12.8. The Labute approximate surface area is 189 Å². The molecule has 0 aromatic heterocycles. The minimum Gasteiger partial charge on any atom is -0.385 e. The summed E-state index contributed by atoms with van der Waals surface area (Å²) in [7, 11) is -1.96. The van der Waals surface area contributed by atoms with Gasteiger partial charge in [-0.3, -0.25) is 9.59 Å². The van der Waals surface area contributed by atoms with Gasteiger partial charge in [0, 0.05) is 39.3 Å². The molecule has 0 atom stereocenters. The maximum Gasteiger partial charge on any atom is 0.253 e. The molecule has 0 aliphatic carbocycles. The van der Waals surface area contributed by atoms with E-state index >= 15 is 0 Å². The van der Waals surface area contributed by atoms with Crippen LogP contribution in [0.5, 0.6) is 0 Å². The molecule has 1 fully saturated rings. The van der Waals surface area contributed by atoms with E-state index in [1.807, 2.05) is 0 Å². The fourth-order valence-corrected chi connectivity index (χ4v) is 5.13. The van der Waals surface area contributed by atoms with E-state index in [1.165, 1.54) is 4.31 Å². The van der Waals surface area contributed by atoms with Crippen molar-refractivity contribution in [3.05, 3.63) is 60.2 Å². The summed E-state index contributed by atoms with van der Waals surface area (Å²) in [4.78, 5) is 25.6. The van der Waals surface area contributed by atoms with Gasteiger partial charge in [0.1, 0.15) is 0 Å². The summed E-state index contributed by atoms with van der Waals surface area (Å²) in [5.74, 6) is -0.794. The molecule has 2 N–H and O–H groups in total. The molecule has 1 aliphatic rings. The fraction of sp³-hybridized carbons (Fsp3) is 0.391. The highest BCUT2D eigenvalue weighted by atomic mass is 32.2. The highest BCUT2D eigenvalue weighted by Crippen LogP contribution is 2.25. The Morgan fingerprint density at radius 1 is 1.03 bits per heavy atom. The van der Waals surface area contributed by atoms with Gasteiger partial charge in [-0.1, -0.05) is 30.3 Å². The van der Waals surface area contributed by atoms with Gasteiger partial charge >= 0.3 is 0 Å². The molecule has 0 saturated carbocycles. The Morgan fingerprint density at radius 3 is 2.38 bits per heavy atom. The molecule has 32 heavy (non-hydrogen) atoms. The molecule has 0 spiro atoms. The predicted octanol–water partition coefficient (Wildman–Crippen LogP) is 2.49. The Kier molecular flexibility index (Phi) is 8.38. The second-order valence-corrected chi connectivity index (χ2v) is 9.57. The molecule has 2 aromatic rings. The van der Waals surface area contributed by atoms with E-state index in [9.17, 15) is 18.0 Å². The Morgan fingerprint density at radius 2 is 1.69 bits per heavy atom. The minimum absolute atomic E-state index is 0.207. The summed E-state index contributed by atoms with van der Waals surface area (Å²) in [5, 5.41) is 5.68. The highest BCUT2D eigenvalue weighted by Gasteiger charge is 2.32. The third-order valence-corrected chi connectivity index (χ3v) is 7.36. The number of amides is 2. The van der Waals surface area contributed by atoms with Crippen molar-refractivity contribution in [2.24, 2.45) is 5.92 Å². The molecule has 8 nitrogen and oxygen atoms in total. The average Bonchev–Trinajstić information content (AvgIpc) is 2.82. The van der Waals surface area contributed by atoms with Gasteiger partial charge in [-0.25, -0.2) is 8.42 Å². The second-order valence-electron chi connectivity index (χ2n) is 7.63. The number of anilines is 1. The van der Waals surface area contributed by atoms with Crippen LogP contribution in [0.1, 0.15) is 29.6 Å². The lowest BCUT2D eigenvalue weighted by Gasteiger charge is -2.30. The number of ether oxygens (including phenoxy) is 1. The number of hydrogen-bond donors (Lipinski definition) is 2. The summed E-state index contributed by atoms with van der Waals surface area (Å²) in [5.41, 5.74) is 0.837. The zero-order valence-electron chi connectivity index (χ0n) is 18.1. The zero-order chi connectivity index (χ0) is 23.0. The predicted molar refractivity (Wildman–Crippen MR) is 122 cm³/mol. The van der Waals surface area contributed by atoms with Gasteiger partial charge in [0.2, 0.25) is 15.9 Å². The number of rotatable bonds is 9. The number of nitrogens with one attached hydrogen (secondary N) is 2. The van der Waals surface area contributed by atoms with Crippen LogP contribution >= 0.6 is 0 Å². The number of sulfonamides is 1. The van der Waals surface area contributed by atoms with E-state index in [4.69, 9.17) is 4.74 Å². The molecule has 1 aliphatic heterocycles. The largest absolute Gasteiger partial charge is 0.385 e. The van der Waals surface area contributed by atoms with Crippen LogP contribution in [0.2, 0.25) is 0 Å². The molecule has 3 rings (SSSR count). The van der Waals surface area contributed by atoms with Gasteiger partial charge in [-0.15, -0.1) is 0 Å².